The standard InChI is InChI=1S/C7H8F2N2O3/c1-13-5-6(12)10-3-11-7(5)14-2-4(8)9/h3-4H,2H2,1H3,(H,10,11,12). The monoisotopic (exact) mass is 206 g/mol. The van der Waals surface area contributed by atoms with Gasteiger partial charge in [-0.2, -0.15) is 0 Å². The van der Waals surface area contributed by atoms with E-state index in [4.69, 9.17) is 0 Å². The van der Waals surface area contributed by atoms with Crippen LogP contribution in [0, 0.1) is 0 Å². The molecular weight excluding hydrogens is 198 g/mol. The molecule has 0 aliphatic heterocycles. The second kappa shape index (κ2) is 4.54. The van der Waals surface area contributed by atoms with Crippen molar-refractivity contribution in [3.63, 3.8) is 0 Å². The first-order valence-corrected chi connectivity index (χ1v) is 3.67. The number of nitrogens with one attached hydrogen (secondary N) is 1. The Bertz CT molecular complexity index is 353. The van der Waals surface area contributed by atoms with E-state index in [9.17, 15) is 13.6 Å². The molecule has 0 atom stereocenters. The van der Waals surface area contributed by atoms with Crippen molar-refractivity contribution in [2.45, 2.75) is 6.43 Å². The van der Waals surface area contributed by atoms with E-state index in [0.717, 1.165) is 6.33 Å². The predicted molar refractivity (Wildman–Crippen MR) is 42.9 cm³/mol. The molecule has 14 heavy (non-hydrogen) atoms. The first kappa shape index (κ1) is 10.4. The highest BCUT2D eigenvalue weighted by molar-refractivity contribution is 5.29. The first-order chi connectivity index (χ1) is 6.65. The summed E-state index contributed by atoms with van der Waals surface area (Å²) in [5, 5.41) is 0. The second-order valence-electron chi connectivity index (χ2n) is 2.27. The summed E-state index contributed by atoms with van der Waals surface area (Å²) in [5.41, 5.74) is -0.577. The highest BCUT2D eigenvalue weighted by atomic mass is 19.3. The Kier molecular flexibility index (Phi) is 3.38. The first-order valence-electron chi connectivity index (χ1n) is 3.67. The molecule has 0 aromatic carbocycles. The van der Waals surface area contributed by atoms with Crippen molar-refractivity contribution in [2.75, 3.05) is 13.7 Å². The van der Waals surface area contributed by atoms with E-state index in [1.54, 1.807) is 0 Å². The third-order valence-electron chi connectivity index (χ3n) is 1.33. The molecule has 1 heterocycles. The number of hydrogen-bond donors (Lipinski definition) is 1. The molecule has 0 bridgehead atoms. The fourth-order valence-corrected chi connectivity index (χ4v) is 0.796. The lowest BCUT2D eigenvalue weighted by Gasteiger charge is -2.06. The van der Waals surface area contributed by atoms with Gasteiger partial charge in [0.2, 0.25) is 5.75 Å². The molecular formula is C7H8F2N2O3. The van der Waals surface area contributed by atoms with Gasteiger partial charge in [0.05, 0.1) is 13.4 Å². The maximum Gasteiger partial charge on any atom is 0.297 e. The molecule has 0 aliphatic carbocycles. The number of aromatic nitrogens is 2. The van der Waals surface area contributed by atoms with Crippen molar-refractivity contribution in [3.8, 4) is 11.6 Å². The van der Waals surface area contributed by atoms with Crippen LogP contribution in [0.4, 0.5) is 8.78 Å². The minimum absolute atomic E-state index is 0.215. The number of alkyl halides is 2. The lowest BCUT2D eigenvalue weighted by atomic mass is 10.5. The summed E-state index contributed by atoms with van der Waals surface area (Å²) in [7, 11) is 1.22. The van der Waals surface area contributed by atoms with Crippen LogP contribution < -0.4 is 15.0 Å². The Balaban J connectivity index is 2.85. The van der Waals surface area contributed by atoms with Crippen molar-refractivity contribution in [1.29, 1.82) is 0 Å². The quantitative estimate of drug-likeness (QED) is 0.775. The van der Waals surface area contributed by atoms with Crippen LogP contribution in [0.5, 0.6) is 11.6 Å². The molecule has 0 fully saturated rings. The van der Waals surface area contributed by atoms with Gasteiger partial charge >= 0.3 is 0 Å². The van der Waals surface area contributed by atoms with Gasteiger partial charge in [-0.1, -0.05) is 0 Å². The van der Waals surface area contributed by atoms with Crippen molar-refractivity contribution in [1.82, 2.24) is 9.97 Å². The molecule has 7 heteroatoms. The number of rotatable bonds is 4. The molecule has 1 rings (SSSR count). The Labute approximate surface area is 77.7 Å². The minimum atomic E-state index is -2.62. The lowest BCUT2D eigenvalue weighted by molar-refractivity contribution is 0.0777. The number of aromatic amines is 1. The fraction of sp³-hybridized carbons (Fsp3) is 0.429. The lowest BCUT2D eigenvalue weighted by Crippen LogP contribution is -2.15. The van der Waals surface area contributed by atoms with E-state index in [-0.39, 0.29) is 11.6 Å². The Hall–Kier alpha value is -1.66. The molecule has 1 aromatic rings. The maximum atomic E-state index is 11.8. The molecule has 5 nitrogen and oxygen atoms in total. The van der Waals surface area contributed by atoms with Crippen LogP contribution in [0.1, 0.15) is 0 Å². The fourth-order valence-electron chi connectivity index (χ4n) is 0.796. The second-order valence-corrected chi connectivity index (χ2v) is 2.27. The molecule has 0 aliphatic rings. The smallest absolute Gasteiger partial charge is 0.297 e. The van der Waals surface area contributed by atoms with Gasteiger partial charge in [0.1, 0.15) is 0 Å². The van der Waals surface area contributed by atoms with Crippen molar-refractivity contribution in [2.24, 2.45) is 0 Å². The molecule has 0 radical (unpaired) electrons. The molecule has 0 saturated carbocycles. The zero-order valence-electron chi connectivity index (χ0n) is 7.29. The molecule has 78 valence electrons. The van der Waals surface area contributed by atoms with Gasteiger partial charge in [0.15, 0.2) is 6.61 Å². The van der Waals surface area contributed by atoms with Crippen molar-refractivity contribution in [3.05, 3.63) is 16.7 Å². The van der Waals surface area contributed by atoms with Gasteiger partial charge in [-0.25, -0.2) is 13.8 Å². The van der Waals surface area contributed by atoms with Crippen LogP contribution in [-0.4, -0.2) is 30.1 Å². The Morgan fingerprint density at radius 2 is 2.36 bits per heavy atom. The van der Waals surface area contributed by atoms with E-state index >= 15 is 0 Å². The van der Waals surface area contributed by atoms with Gasteiger partial charge < -0.3 is 14.5 Å². The average molecular weight is 206 g/mol. The number of ether oxygens (including phenoxy) is 2. The molecule has 1 aromatic heterocycles. The van der Waals surface area contributed by atoms with Crippen molar-refractivity contribution >= 4 is 0 Å². The largest absolute Gasteiger partial charge is 0.487 e. The van der Waals surface area contributed by atoms with Crippen LogP contribution in [0.25, 0.3) is 0 Å². The minimum Gasteiger partial charge on any atom is -0.487 e. The summed E-state index contributed by atoms with van der Waals surface area (Å²) in [4.78, 5) is 16.8. The maximum absolute atomic E-state index is 11.8. The predicted octanol–water partition coefficient (Wildman–Crippen LogP) is 0.422. The topological polar surface area (TPSA) is 64.2 Å². The van der Waals surface area contributed by atoms with Crippen LogP contribution in [0.3, 0.4) is 0 Å². The average Bonchev–Trinajstić information content (AvgIpc) is 2.14. The summed E-state index contributed by atoms with van der Waals surface area (Å²) in [6.07, 6.45) is -1.58. The van der Waals surface area contributed by atoms with Crippen LogP contribution in [-0.2, 0) is 0 Å². The van der Waals surface area contributed by atoms with Gasteiger partial charge in [0.25, 0.3) is 17.9 Å². The Morgan fingerprint density at radius 3 is 2.93 bits per heavy atom. The summed E-state index contributed by atoms with van der Waals surface area (Å²) in [6, 6.07) is 0. The van der Waals surface area contributed by atoms with Gasteiger partial charge in [-0.3, -0.25) is 4.79 Å². The summed E-state index contributed by atoms with van der Waals surface area (Å²) >= 11 is 0. The molecule has 0 spiro atoms. The number of nitrogens with zero attached hydrogens (tertiary/aromatic N) is 1. The molecule has 0 unspecified atom stereocenters. The van der Waals surface area contributed by atoms with Gasteiger partial charge in [-0.05, 0) is 0 Å². The third kappa shape index (κ3) is 2.41. The van der Waals surface area contributed by atoms with E-state index < -0.39 is 18.6 Å². The molecule has 0 amide bonds. The summed E-state index contributed by atoms with van der Waals surface area (Å²) in [5.74, 6) is -0.454. The molecule has 1 N–H and O–H groups in total. The van der Waals surface area contributed by atoms with Crippen molar-refractivity contribution < 1.29 is 18.3 Å². The number of methoxy groups -OCH3 is 1. The zero-order valence-corrected chi connectivity index (χ0v) is 7.29. The number of halogens is 2. The summed E-state index contributed by atoms with van der Waals surface area (Å²) < 4.78 is 32.8. The normalized spacial score (nSPS) is 10.3. The highest BCUT2D eigenvalue weighted by Crippen LogP contribution is 2.17. The summed E-state index contributed by atoms with van der Waals surface area (Å²) in [6.45, 7) is -0.827. The zero-order chi connectivity index (χ0) is 10.6. The highest BCUT2D eigenvalue weighted by Gasteiger charge is 2.12. The van der Waals surface area contributed by atoms with Crippen LogP contribution in [0.15, 0.2) is 11.1 Å². The van der Waals surface area contributed by atoms with Gasteiger partial charge in [-0.15, -0.1) is 0 Å². The Morgan fingerprint density at radius 1 is 1.64 bits per heavy atom. The number of hydrogen-bond acceptors (Lipinski definition) is 4. The van der Waals surface area contributed by atoms with Gasteiger partial charge in [0, 0.05) is 0 Å². The number of H-pyrrole nitrogens is 1. The van der Waals surface area contributed by atoms with Crippen LogP contribution in [0.2, 0.25) is 0 Å². The van der Waals surface area contributed by atoms with E-state index in [1.807, 2.05) is 0 Å². The van der Waals surface area contributed by atoms with Crippen LogP contribution >= 0.6 is 0 Å². The molecule has 0 saturated heterocycles. The third-order valence-corrected chi connectivity index (χ3v) is 1.33. The SMILES string of the molecule is COc1c(OCC(F)F)nc[nH]c1=O. The van der Waals surface area contributed by atoms with E-state index in [0.29, 0.717) is 0 Å². The van der Waals surface area contributed by atoms with E-state index in [1.165, 1.54) is 7.11 Å². The van der Waals surface area contributed by atoms with E-state index in [2.05, 4.69) is 19.4 Å².